The molecule has 5 heteroatoms. The fraction of sp³-hybridized carbons (Fsp3) is 0.500. The van der Waals surface area contributed by atoms with Gasteiger partial charge >= 0.3 is 5.97 Å². The molecular weight excluding hydrogens is 246 g/mol. The van der Waals surface area contributed by atoms with Crippen LogP contribution in [0.3, 0.4) is 0 Å². The highest BCUT2D eigenvalue weighted by Gasteiger charge is 2.07. The standard InChI is InChI=1S/C14H21NO4/c1-10(8-14(16)17)15-7-6-11-4-5-12(18-2)13(9-11)19-3/h4-5,9-10,15H,6-8H2,1-3H3,(H,16,17). The van der Waals surface area contributed by atoms with E-state index in [0.717, 1.165) is 18.5 Å². The zero-order valence-corrected chi connectivity index (χ0v) is 11.6. The van der Waals surface area contributed by atoms with Crippen LogP contribution in [0.1, 0.15) is 18.9 Å². The number of hydrogen-bond acceptors (Lipinski definition) is 4. The molecule has 1 atom stereocenters. The number of methoxy groups -OCH3 is 2. The van der Waals surface area contributed by atoms with Crippen molar-refractivity contribution in [3.05, 3.63) is 23.8 Å². The zero-order chi connectivity index (χ0) is 14.3. The van der Waals surface area contributed by atoms with Gasteiger partial charge < -0.3 is 19.9 Å². The Morgan fingerprint density at radius 2 is 2.00 bits per heavy atom. The summed E-state index contributed by atoms with van der Waals surface area (Å²) >= 11 is 0. The van der Waals surface area contributed by atoms with Gasteiger partial charge in [-0.25, -0.2) is 0 Å². The van der Waals surface area contributed by atoms with Crippen LogP contribution in [0.25, 0.3) is 0 Å². The summed E-state index contributed by atoms with van der Waals surface area (Å²) in [4.78, 5) is 10.5. The molecule has 0 bridgehead atoms. The third-order valence-corrected chi connectivity index (χ3v) is 2.84. The lowest BCUT2D eigenvalue weighted by Gasteiger charge is -2.12. The lowest BCUT2D eigenvalue weighted by atomic mass is 10.1. The maximum Gasteiger partial charge on any atom is 0.304 e. The van der Waals surface area contributed by atoms with E-state index in [-0.39, 0.29) is 12.5 Å². The second-order valence-electron chi connectivity index (χ2n) is 4.39. The predicted octanol–water partition coefficient (Wildman–Crippen LogP) is 1.70. The van der Waals surface area contributed by atoms with E-state index in [9.17, 15) is 4.79 Å². The molecule has 0 amide bonds. The minimum absolute atomic E-state index is 0.0300. The number of ether oxygens (including phenoxy) is 2. The highest BCUT2D eigenvalue weighted by molar-refractivity contribution is 5.67. The van der Waals surface area contributed by atoms with Crippen LogP contribution < -0.4 is 14.8 Å². The van der Waals surface area contributed by atoms with Crippen LogP contribution in [0.15, 0.2) is 18.2 Å². The Hall–Kier alpha value is -1.75. The highest BCUT2D eigenvalue weighted by atomic mass is 16.5. The van der Waals surface area contributed by atoms with E-state index < -0.39 is 5.97 Å². The van der Waals surface area contributed by atoms with Gasteiger partial charge in [-0.3, -0.25) is 4.79 Å². The van der Waals surface area contributed by atoms with Crippen molar-refractivity contribution in [2.75, 3.05) is 20.8 Å². The zero-order valence-electron chi connectivity index (χ0n) is 11.6. The minimum Gasteiger partial charge on any atom is -0.493 e. The molecule has 19 heavy (non-hydrogen) atoms. The van der Waals surface area contributed by atoms with E-state index >= 15 is 0 Å². The number of aliphatic carboxylic acids is 1. The number of rotatable bonds is 8. The van der Waals surface area contributed by atoms with Crippen LogP contribution in [-0.2, 0) is 11.2 Å². The summed E-state index contributed by atoms with van der Waals surface area (Å²) in [6, 6.07) is 5.75. The lowest BCUT2D eigenvalue weighted by Crippen LogP contribution is -2.30. The molecular formula is C14H21NO4. The van der Waals surface area contributed by atoms with Gasteiger partial charge in [0.1, 0.15) is 0 Å². The van der Waals surface area contributed by atoms with Gasteiger partial charge in [0.15, 0.2) is 11.5 Å². The number of hydrogen-bond donors (Lipinski definition) is 2. The van der Waals surface area contributed by atoms with Crippen molar-refractivity contribution in [3.63, 3.8) is 0 Å². The average molecular weight is 267 g/mol. The van der Waals surface area contributed by atoms with Crippen LogP contribution in [-0.4, -0.2) is 37.9 Å². The molecule has 0 aliphatic carbocycles. The van der Waals surface area contributed by atoms with E-state index in [2.05, 4.69) is 5.32 Å². The Bertz CT molecular complexity index is 420. The molecule has 0 aliphatic rings. The van der Waals surface area contributed by atoms with Gasteiger partial charge in [-0.2, -0.15) is 0 Å². The third kappa shape index (κ3) is 5.18. The molecule has 0 saturated heterocycles. The van der Waals surface area contributed by atoms with Crippen LogP contribution in [0.2, 0.25) is 0 Å². The van der Waals surface area contributed by atoms with E-state index in [1.807, 2.05) is 25.1 Å². The smallest absolute Gasteiger partial charge is 0.304 e. The maximum atomic E-state index is 10.5. The number of nitrogens with one attached hydrogen (secondary N) is 1. The first-order valence-corrected chi connectivity index (χ1v) is 6.23. The summed E-state index contributed by atoms with van der Waals surface area (Å²) < 4.78 is 10.4. The highest BCUT2D eigenvalue weighted by Crippen LogP contribution is 2.27. The first-order valence-electron chi connectivity index (χ1n) is 6.23. The van der Waals surface area contributed by atoms with Crippen LogP contribution >= 0.6 is 0 Å². The molecule has 1 aromatic rings. The van der Waals surface area contributed by atoms with Crippen molar-refractivity contribution in [1.82, 2.24) is 5.32 Å². The fourth-order valence-electron chi connectivity index (χ4n) is 1.83. The molecule has 2 N–H and O–H groups in total. The Morgan fingerprint density at radius 3 is 2.58 bits per heavy atom. The Labute approximate surface area is 113 Å². The summed E-state index contributed by atoms with van der Waals surface area (Å²) in [5.74, 6) is 0.628. The number of carboxylic acids is 1. The lowest BCUT2D eigenvalue weighted by molar-refractivity contribution is -0.137. The van der Waals surface area contributed by atoms with Crippen molar-refractivity contribution < 1.29 is 19.4 Å². The van der Waals surface area contributed by atoms with E-state index in [1.54, 1.807) is 14.2 Å². The van der Waals surface area contributed by atoms with Crippen LogP contribution in [0.4, 0.5) is 0 Å². The van der Waals surface area contributed by atoms with Gasteiger partial charge in [0.05, 0.1) is 20.6 Å². The van der Waals surface area contributed by atoms with Crippen LogP contribution in [0.5, 0.6) is 11.5 Å². The van der Waals surface area contributed by atoms with Gasteiger partial charge in [0.25, 0.3) is 0 Å². The number of benzene rings is 1. The van der Waals surface area contributed by atoms with E-state index in [4.69, 9.17) is 14.6 Å². The van der Waals surface area contributed by atoms with Crippen molar-refractivity contribution in [2.45, 2.75) is 25.8 Å². The Morgan fingerprint density at radius 1 is 1.32 bits per heavy atom. The summed E-state index contributed by atoms with van der Waals surface area (Å²) in [6.07, 6.45) is 0.941. The maximum absolute atomic E-state index is 10.5. The van der Waals surface area contributed by atoms with Crippen molar-refractivity contribution in [1.29, 1.82) is 0 Å². The van der Waals surface area contributed by atoms with Gasteiger partial charge in [0.2, 0.25) is 0 Å². The second kappa shape index (κ2) is 7.63. The van der Waals surface area contributed by atoms with Gasteiger partial charge in [-0.05, 0) is 37.6 Å². The minimum atomic E-state index is -0.786. The number of carbonyl (C=O) groups is 1. The first-order chi connectivity index (χ1) is 9.06. The summed E-state index contributed by atoms with van der Waals surface area (Å²) in [5, 5.41) is 11.8. The molecule has 0 spiro atoms. The molecule has 0 fully saturated rings. The molecule has 1 unspecified atom stereocenters. The molecule has 1 rings (SSSR count). The first kappa shape index (κ1) is 15.3. The molecule has 0 aliphatic heterocycles. The normalized spacial score (nSPS) is 11.9. The number of carboxylic acid groups (broad SMARTS) is 1. The third-order valence-electron chi connectivity index (χ3n) is 2.84. The summed E-state index contributed by atoms with van der Waals surface area (Å²) in [5.41, 5.74) is 1.12. The van der Waals surface area contributed by atoms with Crippen molar-refractivity contribution >= 4 is 5.97 Å². The predicted molar refractivity (Wildman–Crippen MR) is 73.0 cm³/mol. The molecule has 106 valence electrons. The van der Waals surface area contributed by atoms with Gasteiger partial charge in [-0.1, -0.05) is 6.07 Å². The van der Waals surface area contributed by atoms with E-state index in [1.165, 1.54) is 0 Å². The Balaban J connectivity index is 2.47. The molecule has 0 saturated carbocycles. The summed E-state index contributed by atoms with van der Waals surface area (Å²) in [7, 11) is 3.21. The Kier molecular flexibility index (Phi) is 6.15. The molecule has 1 aromatic carbocycles. The summed E-state index contributed by atoms with van der Waals surface area (Å²) in [6.45, 7) is 2.59. The molecule has 0 heterocycles. The van der Waals surface area contributed by atoms with Crippen LogP contribution in [0, 0.1) is 0 Å². The average Bonchev–Trinajstić information content (AvgIpc) is 2.37. The van der Waals surface area contributed by atoms with Crippen molar-refractivity contribution in [2.24, 2.45) is 0 Å². The van der Waals surface area contributed by atoms with E-state index in [0.29, 0.717) is 11.5 Å². The largest absolute Gasteiger partial charge is 0.493 e. The van der Waals surface area contributed by atoms with Gasteiger partial charge in [0, 0.05) is 6.04 Å². The second-order valence-corrected chi connectivity index (χ2v) is 4.39. The molecule has 0 radical (unpaired) electrons. The molecule has 5 nitrogen and oxygen atoms in total. The SMILES string of the molecule is COc1ccc(CCNC(C)CC(=O)O)cc1OC. The fourth-order valence-corrected chi connectivity index (χ4v) is 1.83. The monoisotopic (exact) mass is 267 g/mol. The van der Waals surface area contributed by atoms with Crippen molar-refractivity contribution in [3.8, 4) is 11.5 Å². The van der Waals surface area contributed by atoms with Gasteiger partial charge in [-0.15, -0.1) is 0 Å². The molecule has 0 aromatic heterocycles. The quantitative estimate of drug-likeness (QED) is 0.750. The topological polar surface area (TPSA) is 67.8 Å².